The topological polar surface area (TPSA) is 139 Å². The fourth-order valence-corrected chi connectivity index (χ4v) is 5.78. The Labute approximate surface area is 235 Å². The molecule has 1 aliphatic carbocycles. The summed E-state index contributed by atoms with van der Waals surface area (Å²) in [6, 6.07) is 10.3. The van der Waals surface area contributed by atoms with Crippen LogP contribution in [0.15, 0.2) is 42.5 Å². The Morgan fingerprint density at radius 3 is 2.33 bits per heavy atom. The third-order valence-corrected chi connectivity index (χ3v) is 8.26. The minimum atomic E-state index is -4.09. The number of methoxy groups -OCH3 is 1. The van der Waals surface area contributed by atoms with E-state index in [2.05, 4.69) is 5.32 Å². The molecule has 3 rings (SSSR count). The molecule has 11 nitrogen and oxygen atoms in total. The average molecular weight is 575 g/mol. The summed E-state index contributed by atoms with van der Waals surface area (Å²) < 4.78 is 31.9. The van der Waals surface area contributed by atoms with E-state index in [0.717, 1.165) is 59.9 Å². The molecule has 0 saturated heterocycles. The number of nitrogens with zero attached hydrogens (tertiary/aromatic N) is 3. The van der Waals surface area contributed by atoms with Crippen LogP contribution in [0.4, 0.5) is 11.4 Å². The highest BCUT2D eigenvalue weighted by Crippen LogP contribution is 2.34. The second kappa shape index (κ2) is 13.6. The molecule has 0 aromatic heterocycles. The molecule has 0 radical (unpaired) electrons. The van der Waals surface area contributed by atoms with Crippen LogP contribution < -0.4 is 14.4 Å². The normalized spacial score (nSPS) is 14.7. The lowest BCUT2D eigenvalue weighted by molar-refractivity contribution is -0.384. The first kappa shape index (κ1) is 30.9. The molecule has 1 unspecified atom stereocenters. The summed E-state index contributed by atoms with van der Waals surface area (Å²) >= 11 is 0. The molecule has 2 aromatic carbocycles. The third kappa shape index (κ3) is 7.93. The maximum atomic E-state index is 13.9. The van der Waals surface area contributed by atoms with Gasteiger partial charge in [-0.05, 0) is 37.8 Å². The molecule has 0 bridgehead atoms. The number of carbonyl (C=O) groups is 2. The van der Waals surface area contributed by atoms with Crippen molar-refractivity contribution in [2.45, 2.75) is 71.0 Å². The number of benzene rings is 2. The maximum absolute atomic E-state index is 13.9. The number of non-ortho nitro benzene ring substituents is 1. The molecular formula is C28H38N4O7S. The third-order valence-electron chi connectivity index (χ3n) is 7.13. The first-order valence-electron chi connectivity index (χ1n) is 13.4. The Bertz CT molecular complexity index is 1310. The van der Waals surface area contributed by atoms with Gasteiger partial charge in [-0.1, -0.05) is 56.0 Å². The summed E-state index contributed by atoms with van der Waals surface area (Å²) in [5, 5.41) is 14.5. The van der Waals surface area contributed by atoms with E-state index in [-0.39, 0.29) is 35.6 Å². The predicted molar refractivity (Wildman–Crippen MR) is 153 cm³/mol. The monoisotopic (exact) mass is 574 g/mol. The van der Waals surface area contributed by atoms with Crippen molar-refractivity contribution >= 4 is 33.2 Å². The molecule has 0 aliphatic heterocycles. The SMILES string of the molecule is CCC(C(=O)NC1CCCCC1)N(Cc1ccc(C)cc1)C(=O)CN(c1cc([N+](=O)[O-])ccc1OC)S(C)(=O)=O. The summed E-state index contributed by atoms with van der Waals surface area (Å²) in [7, 11) is -2.79. The molecule has 1 atom stereocenters. The number of aryl methyl sites for hydroxylation is 1. The van der Waals surface area contributed by atoms with Crippen molar-refractivity contribution < 1.29 is 27.7 Å². The average Bonchev–Trinajstić information content (AvgIpc) is 2.92. The molecule has 0 heterocycles. The molecule has 1 fully saturated rings. The van der Waals surface area contributed by atoms with Crippen LogP contribution >= 0.6 is 0 Å². The Balaban J connectivity index is 1.99. The summed E-state index contributed by atoms with van der Waals surface area (Å²) in [5.74, 6) is -0.852. The second-order valence-electron chi connectivity index (χ2n) is 10.2. The van der Waals surface area contributed by atoms with Gasteiger partial charge in [-0.2, -0.15) is 0 Å². The van der Waals surface area contributed by atoms with Crippen LogP contribution in [0.3, 0.4) is 0 Å². The van der Waals surface area contributed by atoms with Crippen LogP contribution in [0, 0.1) is 17.0 Å². The van der Waals surface area contributed by atoms with Crippen molar-refractivity contribution in [3.8, 4) is 5.75 Å². The fourth-order valence-electron chi connectivity index (χ4n) is 4.94. The van der Waals surface area contributed by atoms with E-state index in [1.54, 1.807) is 6.92 Å². The van der Waals surface area contributed by atoms with E-state index < -0.39 is 33.4 Å². The van der Waals surface area contributed by atoms with Gasteiger partial charge in [-0.3, -0.25) is 24.0 Å². The van der Waals surface area contributed by atoms with Gasteiger partial charge < -0.3 is 15.0 Å². The molecule has 2 amide bonds. The zero-order chi connectivity index (χ0) is 29.4. The van der Waals surface area contributed by atoms with Crippen LogP contribution in [0.25, 0.3) is 0 Å². The van der Waals surface area contributed by atoms with Crippen molar-refractivity contribution in [3.63, 3.8) is 0 Å². The number of hydrogen-bond acceptors (Lipinski definition) is 7. The van der Waals surface area contributed by atoms with Gasteiger partial charge in [0.2, 0.25) is 21.8 Å². The summed E-state index contributed by atoms with van der Waals surface area (Å²) in [6.45, 7) is 3.16. The quantitative estimate of drug-likeness (QED) is 0.299. The van der Waals surface area contributed by atoms with E-state index in [1.807, 2.05) is 31.2 Å². The Hall–Kier alpha value is -3.67. The van der Waals surface area contributed by atoms with Crippen molar-refractivity contribution in [3.05, 3.63) is 63.7 Å². The number of hydrogen-bond donors (Lipinski definition) is 1. The number of rotatable bonds is 12. The molecule has 0 spiro atoms. The summed E-state index contributed by atoms with van der Waals surface area (Å²) in [4.78, 5) is 39.6. The number of nitro benzene ring substituents is 1. The summed E-state index contributed by atoms with van der Waals surface area (Å²) in [6.07, 6.45) is 6.17. The Morgan fingerprint density at radius 1 is 1.12 bits per heavy atom. The predicted octanol–water partition coefficient (Wildman–Crippen LogP) is 3.93. The van der Waals surface area contributed by atoms with Crippen molar-refractivity contribution in [1.82, 2.24) is 10.2 Å². The van der Waals surface area contributed by atoms with Crippen molar-refractivity contribution in [1.29, 1.82) is 0 Å². The summed E-state index contributed by atoms with van der Waals surface area (Å²) in [5.41, 5.74) is 1.32. The maximum Gasteiger partial charge on any atom is 0.271 e. The van der Waals surface area contributed by atoms with Gasteiger partial charge in [-0.25, -0.2) is 8.42 Å². The Morgan fingerprint density at radius 2 is 1.77 bits per heavy atom. The molecule has 218 valence electrons. The number of ether oxygens (including phenoxy) is 1. The highest BCUT2D eigenvalue weighted by Gasteiger charge is 2.34. The lowest BCUT2D eigenvalue weighted by atomic mass is 9.95. The highest BCUT2D eigenvalue weighted by molar-refractivity contribution is 7.92. The lowest BCUT2D eigenvalue weighted by Gasteiger charge is -2.34. The lowest BCUT2D eigenvalue weighted by Crippen LogP contribution is -2.54. The van der Waals surface area contributed by atoms with Gasteiger partial charge in [0.15, 0.2) is 0 Å². The standard InChI is InChI=1S/C28H38N4O7S/c1-5-24(28(34)29-22-9-7-6-8-10-22)30(18-21-13-11-20(2)12-14-21)27(33)19-31(40(4,37)38)25-17-23(32(35)36)15-16-26(25)39-3/h11-17,22,24H,5-10,18-19H2,1-4H3,(H,29,34). The van der Waals surface area contributed by atoms with Crippen LogP contribution in [0.5, 0.6) is 5.75 Å². The first-order valence-corrected chi connectivity index (χ1v) is 15.2. The number of anilines is 1. The van der Waals surface area contributed by atoms with Gasteiger partial charge >= 0.3 is 0 Å². The zero-order valence-corrected chi connectivity index (χ0v) is 24.3. The van der Waals surface area contributed by atoms with Gasteiger partial charge in [0, 0.05) is 24.7 Å². The van der Waals surface area contributed by atoms with E-state index in [9.17, 15) is 28.1 Å². The largest absolute Gasteiger partial charge is 0.495 e. The highest BCUT2D eigenvalue weighted by atomic mass is 32.2. The van der Waals surface area contributed by atoms with Crippen LogP contribution in [-0.4, -0.2) is 62.0 Å². The van der Waals surface area contributed by atoms with E-state index in [1.165, 1.54) is 24.1 Å². The van der Waals surface area contributed by atoms with Crippen molar-refractivity contribution in [2.75, 3.05) is 24.2 Å². The number of nitro groups is 1. The minimum absolute atomic E-state index is 0.0354. The Kier molecular flexibility index (Phi) is 10.5. The van der Waals surface area contributed by atoms with Crippen LogP contribution in [0.1, 0.15) is 56.6 Å². The smallest absolute Gasteiger partial charge is 0.271 e. The van der Waals surface area contributed by atoms with Gasteiger partial charge in [0.25, 0.3) is 5.69 Å². The number of nitrogens with one attached hydrogen (secondary N) is 1. The van der Waals surface area contributed by atoms with Crippen molar-refractivity contribution in [2.24, 2.45) is 0 Å². The van der Waals surface area contributed by atoms with E-state index in [4.69, 9.17) is 4.74 Å². The second-order valence-corrected chi connectivity index (χ2v) is 12.1. The number of amides is 2. The van der Waals surface area contributed by atoms with Crippen LogP contribution in [0.2, 0.25) is 0 Å². The molecule has 1 N–H and O–H groups in total. The fraction of sp³-hybridized carbons (Fsp3) is 0.500. The molecule has 2 aromatic rings. The van der Waals surface area contributed by atoms with Gasteiger partial charge in [0.1, 0.15) is 24.0 Å². The molecular weight excluding hydrogens is 536 g/mol. The first-order chi connectivity index (χ1) is 18.9. The number of carbonyl (C=O) groups excluding carboxylic acids is 2. The molecule has 1 saturated carbocycles. The van der Waals surface area contributed by atoms with Gasteiger partial charge in [-0.15, -0.1) is 0 Å². The minimum Gasteiger partial charge on any atom is -0.495 e. The van der Waals surface area contributed by atoms with Crippen LogP contribution in [-0.2, 0) is 26.2 Å². The van der Waals surface area contributed by atoms with E-state index >= 15 is 0 Å². The molecule has 12 heteroatoms. The molecule has 1 aliphatic rings. The zero-order valence-electron chi connectivity index (χ0n) is 23.5. The number of sulfonamides is 1. The molecule has 40 heavy (non-hydrogen) atoms. The van der Waals surface area contributed by atoms with Gasteiger partial charge in [0.05, 0.1) is 18.3 Å². The van der Waals surface area contributed by atoms with E-state index in [0.29, 0.717) is 6.42 Å².